The van der Waals surface area contributed by atoms with Gasteiger partial charge in [0.1, 0.15) is 18.3 Å². The topological polar surface area (TPSA) is 109 Å². The second-order valence-electron chi connectivity index (χ2n) is 8.67. The van der Waals surface area contributed by atoms with Crippen LogP contribution in [-0.2, 0) is 16.1 Å². The third kappa shape index (κ3) is 4.74. The fourth-order valence-corrected chi connectivity index (χ4v) is 4.73. The van der Waals surface area contributed by atoms with Crippen LogP contribution in [0.3, 0.4) is 0 Å². The number of hydrogen-bond donors (Lipinski definition) is 2. The number of benzene rings is 2. The van der Waals surface area contributed by atoms with Crippen molar-refractivity contribution in [1.82, 2.24) is 15.1 Å². The summed E-state index contributed by atoms with van der Waals surface area (Å²) in [5, 5.41) is 6.08. The first-order valence-corrected chi connectivity index (χ1v) is 11.8. The van der Waals surface area contributed by atoms with Gasteiger partial charge in [-0.1, -0.05) is 6.07 Å². The predicted molar refractivity (Wildman–Crippen MR) is 126 cm³/mol. The number of nitrogens with zero attached hydrogens (tertiary/aromatic N) is 2. The van der Waals surface area contributed by atoms with Crippen LogP contribution in [0.5, 0.6) is 17.2 Å². The lowest BCUT2D eigenvalue weighted by atomic mass is 9.93. The van der Waals surface area contributed by atoms with E-state index in [9.17, 15) is 14.4 Å². The Balaban J connectivity index is 1.32. The van der Waals surface area contributed by atoms with Gasteiger partial charge in [0.25, 0.3) is 0 Å². The third-order valence-electron chi connectivity index (χ3n) is 6.38. The Morgan fingerprint density at radius 3 is 2.74 bits per heavy atom. The molecule has 0 aromatic heterocycles. The van der Waals surface area contributed by atoms with E-state index in [2.05, 4.69) is 10.6 Å². The van der Waals surface area contributed by atoms with Crippen LogP contribution in [0.15, 0.2) is 42.5 Å². The molecule has 4 amide bonds. The van der Waals surface area contributed by atoms with Crippen LogP contribution in [0.25, 0.3) is 0 Å². The number of fused-ring (bicyclic) bond motifs is 2. The summed E-state index contributed by atoms with van der Waals surface area (Å²) < 4.78 is 16.2. The average molecular weight is 481 g/mol. The standard InChI is InChI=1S/C25H28N4O6/c1-2-33-18-8-6-17(7-9-18)27-22(30)14-28-19-4-3-11-26-23(19)24(31)29(25(28)32)13-16-5-10-20-21(12-16)35-15-34-20/h5-10,12,19,23,26H,2-4,11,13-15H2,1H3,(H,27,30). The van der Waals surface area contributed by atoms with E-state index in [0.29, 0.717) is 42.5 Å². The van der Waals surface area contributed by atoms with Gasteiger partial charge in [-0.25, -0.2) is 4.79 Å². The summed E-state index contributed by atoms with van der Waals surface area (Å²) in [5.41, 5.74) is 1.35. The van der Waals surface area contributed by atoms with E-state index in [0.717, 1.165) is 12.0 Å². The van der Waals surface area contributed by atoms with E-state index in [1.807, 2.05) is 6.92 Å². The Morgan fingerprint density at radius 2 is 1.94 bits per heavy atom. The first-order chi connectivity index (χ1) is 17.0. The van der Waals surface area contributed by atoms with E-state index in [1.165, 1.54) is 9.80 Å². The van der Waals surface area contributed by atoms with Crippen LogP contribution in [0.1, 0.15) is 25.3 Å². The summed E-state index contributed by atoms with van der Waals surface area (Å²) in [6, 6.07) is 11.0. The zero-order valence-electron chi connectivity index (χ0n) is 19.5. The predicted octanol–water partition coefficient (Wildman–Crippen LogP) is 2.34. The lowest BCUT2D eigenvalue weighted by molar-refractivity contribution is -0.138. The molecular formula is C25H28N4O6. The smallest absolute Gasteiger partial charge is 0.327 e. The van der Waals surface area contributed by atoms with Crippen molar-refractivity contribution < 1.29 is 28.6 Å². The second-order valence-corrected chi connectivity index (χ2v) is 8.67. The molecule has 2 aromatic rings. The van der Waals surface area contributed by atoms with Gasteiger partial charge in [-0.15, -0.1) is 0 Å². The van der Waals surface area contributed by atoms with E-state index in [4.69, 9.17) is 14.2 Å². The molecule has 0 saturated carbocycles. The molecule has 3 aliphatic rings. The van der Waals surface area contributed by atoms with Crippen molar-refractivity contribution in [2.45, 2.75) is 38.4 Å². The van der Waals surface area contributed by atoms with Crippen molar-refractivity contribution in [3.8, 4) is 17.2 Å². The van der Waals surface area contributed by atoms with Crippen molar-refractivity contribution in [3.05, 3.63) is 48.0 Å². The number of carbonyl (C=O) groups is 3. The quantitative estimate of drug-likeness (QED) is 0.626. The van der Waals surface area contributed by atoms with Crippen LogP contribution in [0.2, 0.25) is 0 Å². The Hall–Kier alpha value is -3.79. The van der Waals surface area contributed by atoms with Crippen molar-refractivity contribution >= 4 is 23.5 Å². The fraction of sp³-hybridized carbons (Fsp3) is 0.400. The number of anilines is 1. The molecule has 2 aromatic carbocycles. The molecule has 2 atom stereocenters. The van der Waals surface area contributed by atoms with E-state index in [-0.39, 0.29) is 37.7 Å². The largest absolute Gasteiger partial charge is 0.494 e. The number of amides is 4. The highest BCUT2D eigenvalue weighted by Gasteiger charge is 2.47. The van der Waals surface area contributed by atoms with E-state index >= 15 is 0 Å². The Bertz CT molecular complexity index is 1120. The molecule has 3 heterocycles. The number of urea groups is 1. The molecule has 5 rings (SSSR count). The molecule has 35 heavy (non-hydrogen) atoms. The van der Waals surface area contributed by atoms with Crippen molar-refractivity contribution in [2.24, 2.45) is 0 Å². The molecular weight excluding hydrogens is 452 g/mol. The minimum Gasteiger partial charge on any atom is -0.494 e. The van der Waals surface area contributed by atoms with Crippen LogP contribution in [0.4, 0.5) is 10.5 Å². The average Bonchev–Trinajstić information content (AvgIpc) is 3.34. The van der Waals surface area contributed by atoms with Gasteiger partial charge in [-0.3, -0.25) is 14.5 Å². The maximum Gasteiger partial charge on any atom is 0.327 e. The minimum absolute atomic E-state index is 0.0796. The normalized spacial score (nSPS) is 21.1. The molecule has 184 valence electrons. The van der Waals surface area contributed by atoms with E-state index in [1.54, 1.807) is 42.5 Å². The van der Waals surface area contributed by atoms with Crippen LogP contribution >= 0.6 is 0 Å². The van der Waals surface area contributed by atoms with Gasteiger partial charge in [0.2, 0.25) is 18.6 Å². The molecule has 0 aliphatic carbocycles. The summed E-state index contributed by atoms with van der Waals surface area (Å²) in [7, 11) is 0. The molecule has 0 bridgehead atoms. The zero-order chi connectivity index (χ0) is 24.4. The van der Waals surface area contributed by atoms with Crippen LogP contribution < -0.4 is 24.8 Å². The number of carbonyl (C=O) groups excluding carboxylic acids is 3. The first-order valence-electron chi connectivity index (χ1n) is 11.8. The van der Waals surface area contributed by atoms with Crippen molar-refractivity contribution in [2.75, 3.05) is 31.8 Å². The van der Waals surface area contributed by atoms with Gasteiger partial charge in [-0.2, -0.15) is 0 Å². The lowest BCUT2D eigenvalue weighted by Gasteiger charge is -2.46. The molecule has 3 aliphatic heterocycles. The molecule has 2 saturated heterocycles. The highest BCUT2D eigenvalue weighted by Crippen LogP contribution is 2.33. The summed E-state index contributed by atoms with van der Waals surface area (Å²) >= 11 is 0. The number of rotatable bonds is 7. The highest BCUT2D eigenvalue weighted by atomic mass is 16.7. The Morgan fingerprint density at radius 1 is 1.14 bits per heavy atom. The highest BCUT2D eigenvalue weighted by molar-refractivity contribution is 6.02. The number of ether oxygens (including phenoxy) is 3. The molecule has 2 N–H and O–H groups in total. The van der Waals surface area contributed by atoms with Gasteiger partial charge in [0.05, 0.1) is 19.2 Å². The monoisotopic (exact) mass is 480 g/mol. The first kappa shape index (κ1) is 23.0. The maximum atomic E-state index is 13.5. The van der Waals surface area contributed by atoms with Crippen LogP contribution in [0, 0.1) is 0 Å². The van der Waals surface area contributed by atoms with Crippen LogP contribution in [-0.4, -0.2) is 66.2 Å². The van der Waals surface area contributed by atoms with Crippen molar-refractivity contribution in [1.29, 1.82) is 0 Å². The van der Waals surface area contributed by atoms with Gasteiger partial charge in [0, 0.05) is 5.69 Å². The molecule has 10 nitrogen and oxygen atoms in total. The maximum absolute atomic E-state index is 13.5. The summed E-state index contributed by atoms with van der Waals surface area (Å²) in [5.74, 6) is 1.32. The summed E-state index contributed by atoms with van der Waals surface area (Å²) in [6.07, 6.45) is 1.48. The Kier molecular flexibility index (Phi) is 6.45. The van der Waals surface area contributed by atoms with Gasteiger partial charge >= 0.3 is 6.03 Å². The zero-order valence-corrected chi connectivity index (χ0v) is 19.5. The SMILES string of the molecule is CCOc1ccc(NC(=O)CN2C(=O)N(Cc3ccc4c(c3)OCO4)C(=O)C3NCCCC32)cc1. The minimum atomic E-state index is -0.547. The summed E-state index contributed by atoms with van der Waals surface area (Å²) in [4.78, 5) is 42.4. The van der Waals surface area contributed by atoms with Gasteiger partial charge < -0.3 is 29.7 Å². The van der Waals surface area contributed by atoms with Gasteiger partial charge in [0.15, 0.2) is 11.5 Å². The fourth-order valence-electron chi connectivity index (χ4n) is 4.73. The van der Waals surface area contributed by atoms with E-state index < -0.39 is 12.1 Å². The van der Waals surface area contributed by atoms with Crippen molar-refractivity contribution in [3.63, 3.8) is 0 Å². The summed E-state index contributed by atoms with van der Waals surface area (Å²) in [6.45, 7) is 3.21. The number of hydrogen-bond acceptors (Lipinski definition) is 7. The number of piperidine rings is 1. The van der Waals surface area contributed by atoms with Gasteiger partial charge in [-0.05, 0) is 68.3 Å². The lowest BCUT2D eigenvalue weighted by Crippen LogP contribution is -2.70. The number of imide groups is 1. The molecule has 2 fully saturated rings. The number of nitrogens with one attached hydrogen (secondary N) is 2. The third-order valence-corrected chi connectivity index (χ3v) is 6.38. The molecule has 10 heteroatoms. The molecule has 0 spiro atoms. The molecule has 2 unspecified atom stereocenters. The molecule has 0 radical (unpaired) electrons. The Labute approximate surface area is 203 Å². The second kappa shape index (κ2) is 9.83.